The van der Waals surface area contributed by atoms with Crippen LogP contribution in [0, 0.1) is 12.3 Å². The van der Waals surface area contributed by atoms with Gasteiger partial charge in [0.25, 0.3) is 0 Å². The van der Waals surface area contributed by atoms with E-state index in [9.17, 15) is 4.79 Å². The number of carbonyl (C=O) groups excluding carboxylic acids is 1. The molecular formula is C13H23N3O2. The molecule has 0 spiro atoms. The molecule has 5 heteroatoms. The Morgan fingerprint density at radius 1 is 1.44 bits per heavy atom. The summed E-state index contributed by atoms with van der Waals surface area (Å²) < 4.78 is 7.12. The monoisotopic (exact) mass is 253 g/mol. The topological polar surface area (TPSA) is 56.1 Å². The van der Waals surface area contributed by atoms with Gasteiger partial charge in [-0.15, -0.1) is 5.10 Å². The molecule has 0 atom stereocenters. The zero-order valence-corrected chi connectivity index (χ0v) is 12.1. The Morgan fingerprint density at radius 2 is 2.06 bits per heavy atom. The Hall–Kier alpha value is -1.52. The van der Waals surface area contributed by atoms with E-state index in [1.165, 1.54) is 0 Å². The largest absolute Gasteiger partial charge is 0.480 e. The van der Waals surface area contributed by atoms with E-state index in [1.807, 2.05) is 39.3 Å². The van der Waals surface area contributed by atoms with Crippen molar-refractivity contribution in [3.8, 4) is 5.88 Å². The maximum Gasteiger partial charge on any atom is 0.237 e. The molecule has 1 rings (SSSR count). The lowest BCUT2D eigenvalue weighted by Gasteiger charge is -2.17. The Kier molecular flexibility index (Phi) is 4.38. The van der Waals surface area contributed by atoms with Crippen molar-refractivity contribution in [1.29, 1.82) is 0 Å². The Morgan fingerprint density at radius 3 is 2.50 bits per heavy atom. The van der Waals surface area contributed by atoms with Gasteiger partial charge >= 0.3 is 0 Å². The molecule has 0 bridgehead atoms. The van der Waals surface area contributed by atoms with E-state index in [0.29, 0.717) is 12.4 Å². The second-order valence-corrected chi connectivity index (χ2v) is 5.32. The third-order valence-electron chi connectivity index (χ3n) is 2.89. The SMILES string of the molecule is CCn1nc(OC)c(CNC(=O)C(C)(C)C)c1C. The first kappa shape index (κ1) is 14.5. The molecule has 1 aromatic rings. The first-order chi connectivity index (χ1) is 8.31. The van der Waals surface area contributed by atoms with Crippen molar-refractivity contribution in [3.63, 3.8) is 0 Å². The third kappa shape index (κ3) is 3.03. The zero-order chi connectivity index (χ0) is 13.9. The molecule has 0 aliphatic carbocycles. The van der Waals surface area contributed by atoms with Crippen molar-refractivity contribution in [3.05, 3.63) is 11.3 Å². The number of nitrogens with zero attached hydrogens (tertiary/aromatic N) is 2. The molecule has 0 saturated heterocycles. The number of nitrogens with one attached hydrogen (secondary N) is 1. The quantitative estimate of drug-likeness (QED) is 0.891. The second-order valence-electron chi connectivity index (χ2n) is 5.32. The van der Waals surface area contributed by atoms with Gasteiger partial charge in [0, 0.05) is 24.2 Å². The maximum absolute atomic E-state index is 11.8. The minimum absolute atomic E-state index is 0.0215. The third-order valence-corrected chi connectivity index (χ3v) is 2.89. The highest BCUT2D eigenvalue weighted by atomic mass is 16.5. The molecule has 0 aliphatic heterocycles. The van der Waals surface area contributed by atoms with Crippen LogP contribution in [-0.4, -0.2) is 22.8 Å². The molecule has 0 radical (unpaired) electrons. The van der Waals surface area contributed by atoms with Crippen LogP contribution >= 0.6 is 0 Å². The van der Waals surface area contributed by atoms with Gasteiger partial charge < -0.3 is 10.1 Å². The summed E-state index contributed by atoms with van der Waals surface area (Å²) in [6.45, 7) is 10.9. The molecule has 1 amide bonds. The molecule has 0 fully saturated rings. The highest BCUT2D eigenvalue weighted by Gasteiger charge is 2.22. The van der Waals surface area contributed by atoms with Crippen LogP contribution in [0.3, 0.4) is 0 Å². The summed E-state index contributed by atoms with van der Waals surface area (Å²) in [4.78, 5) is 11.8. The number of amides is 1. The van der Waals surface area contributed by atoms with Gasteiger partial charge in [-0.25, -0.2) is 0 Å². The van der Waals surface area contributed by atoms with Gasteiger partial charge in [-0.1, -0.05) is 20.8 Å². The van der Waals surface area contributed by atoms with Crippen LogP contribution in [0.15, 0.2) is 0 Å². The summed E-state index contributed by atoms with van der Waals surface area (Å²) in [5.74, 6) is 0.608. The average Bonchev–Trinajstić information content (AvgIpc) is 2.61. The summed E-state index contributed by atoms with van der Waals surface area (Å²) in [5.41, 5.74) is 1.59. The summed E-state index contributed by atoms with van der Waals surface area (Å²) in [5, 5.41) is 7.25. The highest BCUT2D eigenvalue weighted by Crippen LogP contribution is 2.21. The lowest BCUT2D eigenvalue weighted by molar-refractivity contribution is -0.128. The molecule has 1 N–H and O–H groups in total. The van der Waals surface area contributed by atoms with Gasteiger partial charge in [0.2, 0.25) is 11.8 Å². The van der Waals surface area contributed by atoms with E-state index in [4.69, 9.17) is 4.74 Å². The molecule has 0 aliphatic rings. The average molecular weight is 253 g/mol. The molecule has 0 saturated carbocycles. The predicted molar refractivity (Wildman–Crippen MR) is 70.5 cm³/mol. The number of hydrogen-bond donors (Lipinski definition) is 1. The van der Waals surface area contributed by atoms with E-state index in [-0.39, 0.29) is 11.3 Å². The lowest BCUT2D eigenvalue weighted by Crippen LogP contribution is -2.34. The van der Waals surface area contributed by atoms with Gasteiger partial charge in [-0.05, 0) is 13.8 Å². The van der Waals surface area contributed by atoms with Crippen LogP contribution in [0.4, 0.5) is 0 Å². The summed E-state index contributed by atoms with van der Waals surface area (Å²) in [6.07, 6.45) is 0. The Balaban J connectivity index is 2.85. The minimum Gasteiger partial charge on any atom is -0.480 e. The normalized spacial score (nSPS) is 11.4. The maximum atomic E-state index is 11.8. The van der Waals surface area contributed by atoms with Crippen LogP contribution in [0.25, 0.3) is 0 Å². The molecule has 18 heavy (non-hydrogen) atoms. The number of carbonyl (C=O) groups is 1. The second kappa shape index (κ2) is 5.42. The summed E-state index contributed by atoms with van der Waals surface area (Å²) in [7, 11) is 1.59. The Bertz CT molecular complexity index is 430. The fourth-order valence-electron chi connectivity index (χ4n) is 1.66. The van der Waals surface area contributed by atoms with Gasteiger partial charge in [-0.2, -0.15) is 0 Å². The number of aromatic nitrogens is 2. The fraction of sp³-hybridized carbons (Fsp3) is 0.692. The minimum atomic E-state index is -0.387. The van der Waals surface area contributed by atoms with Crippen molar-refractivity contribution >= 4 is 5.91 Å². The van der Waals surface area contributed by atoms with Crippen LogP contribution in [0.2, 0.25) is 0 Å². The van der Waals surface area contributed by atoms with Gasteiger partial charge in [0.05, 0.1) is 12.7 Å². The van der Waals surface area contributed by atoms with Crippen LogP contribution in [0.5, 0.6) is 5.88 Å². The van der Waals surface area contributed by atoms with E-state index in [1.54, 1.807) is 7.11 Å². The van der Waals surface area contributed by atoms with Gasteiger partial charge in [0.15, 0.2) is 0 Å². The molecule has 0 aromatic carbocycles. The molecule has 1 aromatic heterocycles. The molecular weight excluding hydrogens is 230 g/mol. The number of methoxy groups -OCH3 is 1. The van der Waals surface area contributed by atoms with E-state index in [0.717, 1.165) is 17.8 Å². The molecule has 5 nitrogen and oxygen atoms in total. The van der Waals surface area contributed by atoms with Gasteiger partial charge in [-0.3, -0.25) is 9.48 Å². The van der Waals surface area contributed by atoms with Crippen molar-refractivity contribution in [2.45, 2.75) is 47.7 Å². The highest BCUT2D eigenvalue weighted by molar-refractivity contribution is 5.81. The first-order valence-electron chi connectivity index (χ1n) is 6.19. The summed E-state index contributed by atoms with van der Waals surface area (Å²) >= 11 is 0. The zero-order valence-electron chi connectivity index (χ0n) is 12.1. The number of ether oxygens (including phenoxy) is 1. The number of rotatable bonds is 4. The standard InChI is InChI=1S/C13H23N3O2/c1-7-16-9(2)10(11(15-16)18-6)8-14-12(17)13(3,4)5/h7-8H2,1-6H3,(H,14,17). The number of aryl methyl sites for hydroxylation is 1. The smallest absolute Gasteiger partial charge is 0.237 e. The number of hydrogen-bond acceptors (Lipinski definition) is 3. The van der Waals surface area contributed by atoms with E-state index in [2.05, 4.69) is 10.4 Å². The molecule has 102 valence electrons. The van der Waals surface area contributed by atoms with Crippen molar-refractivity contribution in [2.24, 2.45) is 5.41 Å². The molecule has 0 unspecified atom stereocenters. The lowest BCUT2D eigenvalue weighted by atomic mass is 9.95. The molecule has 1 heterocycles. The van der Waals surface area contributed by atoms with Crippen LogP contribution < -0.4 is 10.1 Å². The first-order valence-corrected chi connectivity index (χ1v) is 6.19. The summed E-state index contributed by atoms with van der Waals surface area (Å²) in [6, 6.07) is 0. The Labute approximate surface area is 109 Å². The van der Waals surface area contributed by atoms with Crippen molar-refractivity contribution < 1.29 is 9.53 Å². The fourth-order valence-corrected chi connectivity index (χ4v) is 1.66. The van der Waals surface area contributed by atoms with Crippen molar-refractivity contribution in [1.82, 2.24) is 15.1 Å². The van der Waals surface area contributed by atoms with Crippen molar-refractivity contribution in [2.75, 3.05) is 7.11 Å². The van der Waals surface area contributed by atoms with Crippen LogP contribution in [0.1, 0.15) is 39.0 Å². The van der Waals surface area contributed by atoms with E-state index >= 15 is 0 Å². The van der Waals surface area contributed by atoms with Gasteiger partial charge in [0.1, 0.15) is 0 Å². The van der Waals surface area contributed by atoms with Crippen LogP contribution in [-0.2, 0) is 17.9 Å². The predicted octanol–water partition coefficient (Wildman–Crippen LogP) is 1.88. The van der Waals surface area contributed by atoms with E-state index < -0.39 is 0 Å².